The van der Waals surface area contributed by atoms with Crippen LogP contribution >= 0.6 is 0 Å². The summed E-state index contributed by atoms with van der Waals surface area (Å²) in [5.41, 5.74) is 7.56. The Hall–Kier alpha value is -0.960. The lowest BCUT2D eigenvalue weighted by molar-refractivity contribution is 0.489. The summed E-state index contributed by atoms with van der Waals surface area (Å²) in [6.45, 7) is 4.50. The molecular formula is C10H15N3. The van der Waals surface area contributed by atoms with Crippen LogP contribution in [0.1, 0.15) is 31.9 Å². The summed E-state index contributed by atoms with van der Waals surface area (Å²) in [6, 6.07) is 0.108. The van der Waals surface area contributed by atoms with E-state index >= 15 is 0 Å². The first-order valence-corrected chi connectivity index (χ1v) is 4.62. The molecule has 0 saturated heterocycles. The average molecular weight is 177 g/mol. The summed E-state index contributed by atoms with van der Waals surface area (Å²) >= 11 is 0. The Labute approximate surface area is 78.4 Å². The Morgan fingerprint density at radius 2 is 2.00 bits per heavy atom. The van der Waals surface area contributed by atoms with Gasteiger partial charge in [0.2, 0.25) is 0 Å². The molecule has 1 aromatic rings. The molecule has 2 unspecified atom stereocenters. The molecule has 1 heterocycles. The third-order valence-electron chi connectivity index (χ3n) is 2.99. The summed E-state index contributed by atoms with van der Waals surface area (Å²) in [7, 11) is 0. The zero-order chi connectivity index (χ0) is 9.47. The number of nitrogens with two attached hydrogens (primary N) is 1. The van der Waals surface area contributed by atoms with Crippen molar-refractivity contribution in [2.45, 2.75) is 26.3 Å². The summed E-state index contributed by atoms with van der Waals surface area (Å²) < 4.78 is 0. The van der Waals surface area contributed by atoms with Crippen LogP contribution in [0, 0.1) is 11.3 Å². The van der Waals surface area contributed by atoms with Gasteiger partial charge in [0.25, 0.3) is 0 Å². The van der Waals surface area contributed by atoms with Gasteiger partial charge in [-0.1, -0.05) is 13.8 Å². The maximum absolute atomic E-state index is 6.10. The van der Waals surface area contributed by atoms with Gasteiger partial charge in [-0.2, -0.15) is 0 Å². The van der Waals surface area contributed by atoms with E-state index in [1.807, 2.05) is 12.4 Å². The molecule has 3 nitrogen and oxygen atoms in total. The molecular weight excluding hydrogens is 162 g/mol. The smallest absolute Gasteiger partial charge is 0.115 e. The Bertz CT molecular complexity index is 294. The molecule has 1 fully saturated rings. The van der Waals surface area contributed by atoms with Gasteiger partial charge in [0, 0.05) is 24.0 Å². The molecule has 0 aliphatic heterocycles. The van der Waals surface area contributed by atoms with Crippen molar-refractivity contribution in [2.24, 2.45) is 17.1 Å². The Morgan fingerprint density at radius 1 is 1.46 bits per heavy atom. The molecule has 2 atom stereocenters. The van der Waals surface area contributed by atoms with Crippen molar-refractivity contribution in [3.05, 3.63) is 24.3 Å². The minimum atomic E-state index is 0.108. The lowest BCUT2D eigenvalue weighted by Gasteiger charge is -2.12. The highest BCUT2D eigenvalue weighted by atomic mass is 14.8. The number of nitrogens with zero attached hydrogens (tertiary/aromatic N) is 2. The van der Waals surface area contributed by atoms with E-state index in [4.69, 9.17) is 5.73 Å². The van der Waals surface area contributed by atoms with Gasteiger partial charge < -0.3 is 5.73 Å². The van der Waals surface area contributed by atoms with Gasteiger partial charge in [0.05, 0.1) is 0 Å². The van der Waals surface area contributed by atoms with Crippen LogP contribution in [-0.4, -0.2) is 9.97 Å². The number of rotatable bonds is 2. The molecule has 1 aliphatic carbocycles. The summed E-state index contributed by atoms with van der Waals surface area (Å²) in [6.07, 6.45) is 6.37. The Balaban J connectivity index is 2.12. The fourth-order valence-electron chi connectivity index (χ4n) is 1.84. The first-order valence-electron chi connectivity index (χ1n) is 4.62. The molecule has 1 aliphatic rings. The fourth-order valence-corrected chi connectivity index (χ4v) is 1.84. The number of aromatic nitrogens is 2. The predicted octanol–water partition coefficient (Wildman–Crippen LogP) is 1.52. The van der Waals surface area contributed by atoms with Crippen molar-refractivity contribution < 1.29 is 0 Å². The predicted molar refractivity (Wildman–Crippen MR) is 50.8 cm³/mol. The van der Waals surface area contributed by atoms with Crippen molar-refractivity contribution >= 4 is 0 Å². The van der Waals surface area contributed by atoms with Crippen LogP contribution in [0.4, 0.5) is 0 Å². The largest absolute Gasteiger partial charge is 0.324 e. The zero-order valence-corrected chi connectivity index (χ0v) is 8.07. The molecule has 2 N–H and O–H groups in total. The maximum atomic E-state index is 6.10. The highest BCUT2D eigenvalue weighted by Crippen LogP contribution is 2.56. The van der Waals surface area contributed by atoms with Gasteiger partial charge in [-0.3, -0.25) is 0 Å². The minimum Gasteiger partial charge on any atom is -0.324 e. The SMILES string of the molecule is CC1(C)CC1C(N)c1cncnc1. The van der Waals surface area contributed by atoms with Crippen LogP contribution in [0.25, 0.3) is 0 Å². The molecule has 13 heavy (non-hydrogen) atoms. The molecule has 0 aromatic carbocycles. The fraction of sp³-hybridized carbons (Fsp3) is 0.600. The lowest BCUT2D eigenvalue weighted by Crippen LogP contribution is -2.15. The first kappa shape index (κ1) is 8.63. The summed E-state index contributed by atoms with van der Waals surface area (Å²) in [5.74, 6) is 0.596. The van der Waals surface area contributed by atoms with E-state index in [1.165, 1.54) is 12.7 Å². The van der Waals surface area contributed by atoms with Gasteiger partial charge in [-0.05, 0) is 17.8 Å². The minimum absolute atomic E-state index is 0.108. The van der Waals surface area contributed by atoms with E-state index in [0.29, 0.717) is 11.3 Å². The van der Waals surface area contributed by atoms with Gasteiger partial charge in [0.1, 0.15) is 6.33 Å². The first-order chi connectivity index (χ1) is 6.11. The molecule has 0 bridgehead atoms. The molecule has 1 saturated carbocycles. The van der Waals surface area contributed by atoms with Crippen LogP contribution in [0.2, 0.25) is 0 Å². The highest BCUT2D eigenvalue weighted by molar-refractivity contribution is 5.15. The second kappa shape index (κ2) is 2.77. The van der Waals surface area contributed by atoms with Gasteiger partial charge >= 0.3 is 0 Å². The van der Waals surface area contributed by atoms with Crippen molar-refractivity contribution in [1.82, 2.24) is 9.97 Å². The van der Waals surface area contributed by atoms with Crippen LogP contribution < -0.4 is 5.73 Å². The van der Waals surface area contributed by atoms with Crippen molar-refractivity contribution in [1.29, 1.82) is 0 Å². The van der Waals surface area contributed by atoms with Crippen LogP contribution in [0.3, 0.4) is 0 Å². The van der Waals surface area contributed by atoms with Gasteiger partial charge in [0.15, 0.2) is 0 Å². The van der Waals surface area contributed by atoms with E-state index in [1.54, 1.807) is 0 Å². The van der Waals surface area contributed by atoms with E-state index in [9.17, 15) is 0 Å². The van der Waals surface area contributed by atoms with E-state index in [-0.39, 0.29) is 6.04 Å². The monoisotopic (exact) mass is 177 g/mol. The number of hydrogen-bond donors (Lipinski definition) is 1. The number of hydrogen-bond acceptors (Lipinski definition) is 3. The van der Waals surface area contributed by atoms with Gasteiger partial charge in [-0.15, -0.1) is 0 Å². The molecule has 0 radical (unpaired) electrons. The lowest BCUT2D eigenvalue weighted by atomic mass is 10.0. The topological polar surface area (TPSA) is 51.8 Å². The van der Waals surface area contributed by atoms with Crippen molar-refractivity contribution in [2.75, 3.05) is 0 Å². The third kappa shape index (κ3) is 1.56. The molecule has 3 heteroatoms. The second-order valence-corrected chi connectivity index (χ2v) is 4.50. The van der Waals surface area contributed by atoms with Gasteiger partial charge in [-0.25, -0.2) is 9.97 Å². The maximum Gasteiger partial charge on any atom is 0.115 e. The zero-order valence-electron chi connectivity index (χ0n) is 8.07. The van der Waals surface area contributed by atoms with Crippen LogP contribution in [0.5, 0.6) is 0 Å². The molecule has 0 amide bonds. The third-order valence-corrected chi connectivity index (χ3v) is 2.99. The van der Waals surface area contributed by atoms with E-state index in [2.05, 4.69) is 23.8 Å². The van der Waals surface area contributed by atoms with E-state index < -0.39 is 0 Å². The second-order valence-electron chi connectivity index (χ2n) is 4.50. The molecule has 70 valence electrons. The van der Waals surface area contributed by atoms with Crippen molar-refractivity contribution in [3.63, 3.8) is 0 Å². The highest BCUT2D eigenvalue weighted by Gasteiger charge is 2.49. The quantitative estimate of drug-likeness (QED) is 0.745. The Morgan fingerprint density at radius 3 is 2.46 bits per heavy atom. The Kier molecular flexibility index (Phi) is 1.84. The van der Waals surface area contributed by atoms with E-state index in [0.717, 1.165) is 5.56 Å². The normalized spacial score (nSPS) is 26.8. The molecule has 1 aromatic heterocycles. The summed E-state index contributed by atoms with van der Waals surface area (Å²) in [4.78, 5) is 7.95. The standard InChI is InChI=1S/C10H15N3/c1-10(2)3-8(10)9(11)7-4-12-6-13-5-7/h4-6,8-9H,3,11H2,1-2H3. The molecule has 0 spiro atoms. The van der Waals surface area contributed by atoms with Crippen LogP contribution in [0.15, 0.2) is 18.7 Å². The summed E-state index contributed by atoms with van der Waals surface area (Å²) in [5, 5.41) is 0. The van der Waals surface area contributed by atoms with Crippen molar-refractivity contribution in [3.8, 4) is 0 Å². The van der Waals surface area contributed by atoms with Crippen LogP contribution in [-0.2, 0) is 0 Å². The molecule has 2 rings (SSSR count). The average Bonchev–Trinajstić information content (AvgIpc) is 2.76.